The van der Waals surface area contributed by atoms with Gasteiger partial charge in [-0.1, -0.05) is 43.3 Å². The van der Waals surface area contributed by atoms with Crippen LogP contribution in [-0.4, -0.2) is 55.6 Å². The molecule has 1 heterocycles. The van der Waals surface area contributed by atoms with Crippen molar-refractivity contribution in [1.82, 2.24) is 4.90 Å². The van der Waals surface area contributed by atoms with Crippen LogP contribution < -0.4 is 0 Å². The van der Waals surface area contributed by atoms with Crippen LogP contribution in [0, 0.1) is 11.3 Å². The lowest BCUT2D eigenvalue weighted by Gasteiger charge is -2.25. The van der Waals surface area contributed by atoms with E-state index in [-0.39, 0.29) is 13.2 Å². The maximum Gasteiger partial charge on any atom is 0.333 e. The van der Waals surface area contributed by atoms with Gasteiger partial charge in [0.1, 0.15) is 0 Å². The monoisotopic (exact) mass is 403 g/mol. The van der Waals surface area contributed by atoms with E-state index in [2.05, 4.69) is 0 Å². The Hall–Kier alpha value is -3.16. The van der Waals surface area contributed by atoms with Crippen molar-refractivity contribution in [3.8, 4) is 0 Å². The average molecular weight is 403 g/mol. The van der Waals surface area contributed by atoms with Gasteiger partial charge in [-0.3, -0.25) is 14.4 Å². The SMILES string of the molecule is CCOC(=O)/C=C/[C@@H]1[C@@H](C)C(C(=O)OC)(C(=O)OC)C(=O)N1Cc1ccccc1. The molecule has 1 aromatic rings. The molecule has 1 aliphatic heterocycles. The molecule has 1 saturated heterocycles. The van der Waals surface area contributed by atoms with Gasteiger partial charge in [0.05, 0.1) is 26.9 Å². The molecule has 1 aliphatic rings. The molecule has 29 heavy (non-hydrogen) atoms. The first-order valence-corrected chi connectivity index (χ1v) is 9.21. The molecule has 0 aromatic heterocycles. The van der Waals surface area contributed by atoms with Gasteiger partial charge in [-0.05, 0) is 12.5 Å². The summed E-state index contributed by atoms with van der Waals surface area (Å²) in [7, 11) is 2.21. The summed E-state index contributed by atoms with van der Waals surface area (Å²) in [4.78, 5) is 51.9. The van der Waals surface area contributed by atoms with Crippen LogP contribution in [0.2, 0.25) is 0 Å². The Morgan fingerprint density at radius 1 is 1.10 bits per heavy atom. The molecular formula is C21H25NO7. The van der Waals surface area contributed by atoms with Crippen LogP contribution in [0.15, 0.2) is 42.5 Å². The van der Waals surface area contributed by atoms with Crippen molar-refractivity contribution < 1.29 is 33.4 Å². The Bertz CT molecular complexity index is 787. The highest BCUT2D eigenvalue weighted by atomic mass is 16.5. The van der Waals surface area contributed by atoms with E-state index in [1.807, 2.05) is 30.3 Å². The largest absolute Gasteiger partial charge is 0.468 e. The molecule has 1 amide bonds. The normalized spacial score (nSPS) is 20.6. The van der Waals surface area contributed by atoms with E-state index in [1.165, 1.54) is 17.1 Å². The predicted octanol–water partition coefficient (Wildman–Crippen LogP) is 1.49. The first kappa shape index (κ1) is 22.1. The molecule has 0 saturated carbocycles. The third kappa shape index (κ3) is 4.01. The van der Waals surface area contributed by atoms with Gasteiger partial charge < -0.3 is 19.1 Å². The summed E-state index contributed by atoms with van der Waals surface area (Å²) in [5.74, 6) is -4.14. The maximum atomic E-state index is 13.4. The summed E-state index contributed by atoms with van der Waals surface area (Å²) >= 11 is 0. The number of amides is 1. The Kier molecular flexibility index (Phi) is 7.14. The second-order valence-corrected chi connectivity index (χ2v) is 6.60. The molecule has 1 aromatic carbocycles. The van der Waals surface area contributed by atoms with Crippen molar-refractivity contribution in [1.29, 1.82) is 0 Å². The predicted molar refractivity (Wildman–Crippen MR) is 102 cm³/mol. The molecule has 0 bridgehead atoms. The van der Waals surface area contributed by atoms with Gasteiger partial charge in [0.2, 0.25) is 5.41 Å². The molecule has 156 valence electrons. The quantitative estimate of drug-likeness (QED) is 0.294. The molecule has 0 unspecified atom stereocenters. The zero-order valence-corrected chi connectivity index (χ0v) is 16.9. The van der Waals surface area contributed by atoms with E-state index in [9.17, 15) is 19.2 Å². The maximum absolute atomic E-state index is 13.4. The average Bonchev–Trinajstić information content (AvgIpc) is 2.93. The van der Waals surface area contributed by atoms with Crippen LogP contribution in [-0.2, 0) is 39.9 Å². The third-order valence-corrected chi connectivity index (χ3v) is 5.08. The zero-order valence-electron chi connectivity index (χ0n) is 16.9. The number of carbonyl (C=O) groups excluding carboxylic acids is 4. The highest BCUT2D eigenvalue weighted by molar-refractivity contribution is 6.21. The highest BCUT2D eigenvalue weighted by Gasteiger charge is 2.68. The smallest absolute Gasteiger partial charge is 0.333 e. The Morgan fingerprint density at radius 3 is 2.21 bits per heavy atom. The molecule has 0 aliphatic carbocycles. The summed E-state index contributed by atoms with van der Waals surface area (Å²) < 4.78 is 14.5. The van der Waals surface area contributed by atoms with Gasteiger partial charge in [0.25, 0.3) is 5.91 Å². The van der Waals surface area contributed by atoms with E-state index in [1.54, 1.807) is 13.8 Å². The molecule has 0 spiro atoms. The van der Waals surface area contributed by atoms with E-state index in [0.717, 1.165) is 19.8 Å². The number of nitrogens with zero attached hydrogens (tertiary/aromatic N) is 1. The first-order valence-electron chi connectivity index (χ1n) is 9.21. The molecule has 2 rings (SSSR count). The summed E-state index contributed by atoms with van der Waals surface area (Å²) in [5, 5.41) is 0. The van der Waals surface area contributed by atoms with Crippen LogP contribution in [0.3, 0.4) is 0 Å². The van der Waals surface area contributed by atoms with Crippen LogP contribution >= 0.6 is 0 Å². The second-order valence-electron chi connectivity index (χ2n) is 6.60. The number of ether oxygens (including phenoxy) is 3. The fraction of sp³-hybridized carbons (Fsp3) is 0.429. The van der Waals surface area contributed by atoms with E-state index in [0.29, 0.717) is 0 Å². The lowest BCUT2D eigenvalue weighted by atomic mass is 9.75. The topological polar surface area (TPSA) is 99.2 Å². The number of esters is 3. The van der Waals surface area contributed by atoms with Crippen LogP contribution in [0.4, 0.5) is 0 Å². The van der Waals surface area contributed by atoms with Crippen LogP contribution in [0.5, 0.6) is 0 Å². The molecule has 2 atom stereocenters. The Labute approximate surface area is 169 Å². The molecular weight excluding hydrogens is 378 g/mol. The summed E-state index contributed by atoms with van der Waals surface area (Å²) in [6, 6.07) is 8.38. The van der Waals surface area contributed by atoms with Crippen molar-refractivity contribution in [2.24, 2.45) is 11.3 Å². The number of hydrogen-bond acceptors (Lipinski definition) is 7. The van der Waals surface area contributed by atoms with Crippen molar-refractivity contribution >= 4 is 23.8 Å². The number of hydrogen-bond donors (Lipinski definition) is 0. The molecule has 8 nitrogen and oxygen atoms in total. The fourth-order valence-corrected chi connectivity index (χ4v) is 3.63. The van der Waals surface area contributed by atoms with Gasteiger partial charge in [0.15, 0.2) is 0 Å². The van der Waals surface area contributed by atoms with Crippen molar-refractivity contribution in [2.75, 3.05) is 20.8 Å². The zero-order chi connectivity index (χ0) is 21.6. The molecule has 1 fully saturated rings. The molecule has 0 N–H and O–H groups in total. The minimum absolute atomic E-state index is 0.136. The standard InChI is InChI=1S/C21H25NO7/c1-5-29-17(23)12-11-16-14(2)21(19(25)27-3,20(26)28-4)18(24)22(16)13-15-9-7-6-8-10-15/h6-12,14,16H,5,13H2,1-4H3/b12-11+/t14-,16-/m1/s1. The van der Waals surface area contributed by atoms with E-state index >= 15 is 0 Å². The van der Waals surface area contributed by atoms with Crippen LogP contribution in [0.1, 0.15) is 19.4 Å². The van der Waals surface area contributed by atoms with Gasteiger partial charge in [-0.2, -0.15) is 0 Å². The number of carbonyl (C=O) groups is 4. The first-order chi connectivity index (χ1) is 13.8. The summed E-state index contributed by atoms with van der Waals surface area (Å²) in [6.07, 6.45) is 2.66. The highest BCUT2D eigenvalue weighted by Crippen LogP contribution is 2.45. The van der Waals surface area contributed by atoms with Gasteiger partial charge in [0, 0.05) is 18.5 Å². The number of benzene rings is 1. The van der Waals surface area contributed by atoms with Crippen molar-refractivity contribution in [3.05, 3.63) is 48.0 Å². The minimum atomic E-state index is -2.15. The lowest BCUT2D eigenvalue weighted by molar-refractivity contribution is -0.175. The molecule has 8 heteroatoms. The fourth-order valence-electron chi connectivity index (χ4n) is 3.63. The number of likely N-dealkylation sites (tertiary alicyclic amines) is 1. The minimum Gasteiger partial charge on any atom is -0.468 e. The second kappa shape index (κ2) is 9.36. The van der Waals surface area contributed by atoms with Crippen molar-refractivity contribution in [2.45, 2.75) is 26.4 Å². The molecule has 0 radical (unpaired) electrons. The number of rotatable bonds is 7. The van der Waals surface area contributed by atoms with Gasteiger partial charge in [-0.15, -0.1) is 0 Å². The van der Waals surface area contributed by atoms with Gasteiger partial charge in [-0.25, -0.2) is 4.79 Å². The summed E-state index contributed by atoms with van der Waals surface area (Å²) in [6.45, 7) is 3.59. The Morgan fingerprint density at radius 2 is 1.69 bits per heavy atom. The Balaban J connectivity index is 2.54. The lowest BCUT2D eigenvalue weighted by Crippen LogP contribution is -2.50. The van der Waals surface area contributed by atoms with E-state index in [4.69, 9.17) is 14.2 Å². The van der Waals surface area contributed by atoms with Crippen LogP contribution in [0.25, 0.3) is 0 Å². The van der Waals surface area contributed by atoms with E-state index < -0.39 is 41.2 Å². The third-order valence-electron chi connectivity index (χ3n) is 5.08. The number of methoxy groups -OCH3 is 2. The van der Waals surface area contributed by atoms with Crippen molar-refractivity contribution in [3.63, 3.8) is 0 Å². The summed E-state index contributed by atoms with van der Waals surface area (Å²) in [5.41, 5.74) is -1.35. The van der Waals surface area contributed by atoms with Gasteiger partial charge >= 0.3 is 17.9 Å².